The number of likely N-dealkylation sites (tertiary alicyclic amines) is 1. The monoisotopic (exact) mass is 503 g/mol. The average molecular weight is 503 g/mol. The summed E-state index contributed by atoms with van der Waals surface area (Å²) in [5.74, 6) is 0.482. The van der Waals surface area contributed by atoms with Gasteiger partial charge in [0.1, 0.15) is 6.61 Å². The first-order valence-corrected chi connectivity index (χ1v) is 13.8. The molecule has 1 aliphatic heterocycles. The molecular formula is C18H39N3O9P2. The number of likely N-dealkylation sites (N-methyl/N-ethyl adjacent to an activating group) is 2. The topological polar surface area (TPSA) is 148 Å². The van der Waals surface area contributed by atoms with Gasteiger partial charge in [0.05, 0.1) is 13.2 Å². The Labute approximate surface area is 190 Å². The van der Waals surface area contributed by atoms with Crippen molar-refractivity contribution in [3.05, 3.63) is 0 Å². The van der Waals surface area contributed by atoms with E-state index in [-0.39, 0.29) is 31.2 Å². The molecule has 32 heavy (non-hydrogen) atoms. The average Bonchev–Trinajstić information content (AvgIpc) is 3.29. The van der Waals surface area contributed by atoms with E-state index < -0.39 is 28.5 Å². The van der Waals surface area contributed by atoms with Crippen molar-refractivity contribution in [2.24, 2.45) is 11.8 Å². The van der Waals surface area contributed by atoms with Crippen LogP contribution in [0.4, 0.5) is 0 Å². The van der Waals surface area contributed by atoms with Crippen LogP contribution < -0.4 is 10.6 Å². The van der Waals surface area contributed by atoms with Gasteiger partial charge in [0.25, 0.3) is 0 Å². The van der Waals surface area contributed by atoms with Crippen LogP contribution >= 0.6 is 15.6 Å². The molecule has 2 fully saturated rings. The van der Waals surface area contributed by atoms with Crippen LogP contribution in [0.3, 0.4) is 0 Å². The molecule has 0 spiro atoms. The molecule has 4 N–H and O–H groups in total. The van der Waals surface area contributed by atoms with Gasteiger partial charge in [0.15, 0.2) is 6.29 Å². The van der Waals surface area contributed by atoms with E-state index in [4.69, 9.17) is 22.8 Å². The summed E-state index contributed by atoms with van der Waals surface area (Å²) >= 11 is 0. The molecule has 0 amide bonds. The summed E-state index contributed by atoms with van der Waals surface area (Å²) < 4.78 is 49.6. The second-order valence-corrected chi connectivity index (χ2v) is 11.5. The van der Waals surface area contributed by atoms with Crippen LogP contribution in [0.25, 0.3) is 0 Å². The van der Waals surface area contributed by atoms with Gasteiger partial charge in [-0.05, 0) is 52.2 Å². The van der Waals surface area contributed by atoms with Crippen LogP contribution in [0, 0.1) is 11.8 Å². The van der Waals surface area contributed by atoms with Gasteiger partial charge in [-0.25, -0.2) is 9.13 Å². The second kappa shape index (κ2) is 12.7. The van der Waals surface area contributed by atoms with Gasteiger partial charge in [0, 0.05) is 31.8 Å². The van der Waals surface area contributed by atoms with Crippen LogP contribution in [0.15, 0.2) is 0 Å². The molecule has 0 aromatic heterocycles. The van der Waals surface area contributed by atoms with Crippen molar-refractivity contribution in [2.75, 3.05) is 54.6 Å². The molecule has 1 saturated carbocycles. The lowest BCUT2D eigenvalue weighted by molar-refractivity contribution is -0.0995. The molecule has 0 radical (unpaired) electrons. The van der Waals surface area contributed by atoms with E-state index in [1.807, 2.05) is 26.0 Å². The number of rotatable bonds is 14. The maximum absolute atomic E-state index is 12.3. The molecule has 1 heterocycles. The fourth-order valence-electron chi connectivity index (χ4n) is 4.17. The first kappa shape index (κ1) is 28.3. The van der Waals surface area contributed by atoms with E-state index in [0.717, 1.165) is 25.8 Å². The summed E-state index contributed by atoms with van der Waals surface area (Å²) in [6.07, 6.45) is 1.19. The molecule has 2 rings (SSSR count). The Balaban J connectivity index is 1.75. The summed E-state index contributed by atoms with van der Waals surface area (Å²) in [7, 11) is -1.99. The zero-order valence-electron chi connectivity index (χ0n) is 19.5. The van der Waals surface area contributed by atoms with E-state index in [1.165, 1.54) is 7.11 Å². The molecule has 2 aliphatic rings. The number of hydrogen-bond donors (Lipinski definition) is 4. The standard InChI is InChI=1S/C18H39N3O9P2/c1-13-6-15(19-2)7-14(13)10-27-31(22,23)29-12-18(26-5)30-32(24,25)28-11-17-8-16(20-3)9-21(17)4/h13-20H,6-12H2,1-5H3,(H,22,23)(H,24,25)/t13?,14-,15-,16-,17+,18?/m1/s1. The number of ether oxygens (including phenoxy) is 1. The van der Waals surface area contributed by atoms with Crippen molar-refractivity contribution in [3.63, 3.8) is 0 Å². The highest BCUT2D eigenvalue weighted by Crippen LogP contribution is 2.48. The van der Waals surface area contributed by atoms with Crippen molar-refractivity contribution in [3.8, 4) is 0 Å². The minimum Gasteiger partial charge on any atom is -0.353 e. The van der Waals surface area contributed by atoms with Gasteiger partial charge in [-0.1, -0.05) is 6.92 Å². The van der Waals surface area contributed by atoms with Gasteiger partial charge in [-0.15, -0.1) is 0 Å². The Morgan fingerprint density at radius 2 is 1.66 bits per heavy atom. The quantitative estimate of drug-likeness (QED) is 0.199. The summed E-state index contributed by atoms with van der Waals surface area (Å²) in [4.78, 5) is 22.0. The SMILES string of the molecule is CN[C@@H]1CC(C)[C@@H](COP(=O)(O)OCC(OC)OP(=O)(O)OC[C@@H]2C[C@@H](NC)CN2C)C1. The third kappa shape index (κ3) is 9.02. The zero-order valence-corrected chi connectivity index (χ0v) is 21.3. The number of phosphoric ester groups is 2. The maximum atomic E-state index is 12.3. The van der Waals surface area contributed by atoms with Gasteiger partial charge < -0.3 is 25.2 Å². The third-order valence-electron chi connectivity index (χ3n) is 6.32. The van der Waals surface area contributed by atoms with E-state index in [2.05, 4.69) is 17.6 Å². The van der Waals surface area contributed by atoms with Crippen molar-refractivity contribution in [2.45, 2.75) is 50.6 Å². The smallest absolute Gasteiger partial charge is 0.353 e. The molecule has 0 aromatic carbocycles. The van der Waals surface area contributed by atoms with Crippen molar-refractivity contribution >= 4 is 15.6 Å². The van der Waals surface area contributed by atoms with Crippen LogP contribution in [0.2, 0.25) is 0 Å². The number of methoxy groups -OCH3 is 1. The highest BCUT2D eigenvalue weighted by atomic mass is 31.2. The highest BCUT2D eigenvalue weighted by molar-refractivity contribution is 7.47. The summed E-state index contributed by atoms with van der Waals surface area (Å²) in [6, 6.07) is 0.596. The first-order chi connectivity index (χ1) is 15.0. The molecule has 0 bridgehead atoms. The fraction of sp³-hybridized carbons (Fsp3) is 1.00. The van der Waals surface area contributed by atoms with Crippen LogP contribution in [0.1, 0.15) is 26.2 Å². The number of nitrogens with one attached hydrogen (secondary N) is 2. The Morgan fingerprint density at radius 1 is 1.00 bits per heavy atom. The molecule has 12 nitrogen and oxygen atoms in total. The fourth-order valence-corrected chi connectivity index (χ4v) is 5.80. The molecule has 0 aromatic rings. The lowest BCUT2D eigenvalue weighted by atomic mass is 10.00. The molecule has 1 saturated heterocycles. The van der Waals surface area contributed by atoms with Crippen LogP contribution in [-0.2, 0) is 32.0 Å². The highest BCUT2D eigenvalue weighted by Gasteiger charge is 2.36. The van der Waals surface area contributed by atoms with Crippen molar-refractivity contribution in [1.29, 1.82) is 0 Å². The van der Waals surface area contributed by atoms with Gasteiger partial charge >= 0.3 is 15.6 Å². The molecular weight excluding hydrogens is 464 g/mol. The predicted octanol–water partition coefficient (Wildman–Crippen LogP) is 1.15. The number of hydrogen-bond acceptors (Lipinski definition) is 10. The molecule has 14 heteroatoms. The van der Waals surface area contributed by atoms with Crippen molar-refractivity contribution < 1.29 is 41.7 Å². The molecule has 190 valence electrons. The van der Waals surface area contributed by atoms with E-state index >= 15 is 0 Å². The molecule has 8 atom stereocenters. The third-order valence-corrected chi connectivity index (χ3v) is 8.25. The van der Waals surface area contributed by atoms with E-state index in [9.17, 15) is 18.9 Å². The zero-order chi connectivity index (χ0) is 23.9. The maximum Gasteiger partial charge on any atom is 0.474 e. The molecule has 4 unspecified atom stereocenters. The minimum atomic E-state index is -4.48. The van der Waals surface area contributed by atoms with E-state index in [1.54, 1.807) is 0 Å². The predicted molar refractivity (Wildman–Crippen MR) is 118 cm³/mol. The minimum absolute atomic E-state index is 0.00542. The van der Waals surface area contributed by atoms with Crippen molar-refractivity contribution in [1.82, 2.24) is 15.5 Å². The summed E-state index contributed by atoms with van der Waals surface area (Å²) in [5.41, 5.74) is 0. The second-order valence-electron chi connectivity index (χ2n) is 8.60. The van der Waals surface area contributed by atoms with Gasteiger partial charge in [0.2, 0.25) is 0 Å². The van der Waals surface area contributed by atoms with E-state index in [0.29, 0.717) is 12.0 Å². The summed E-state index contributed by atoms with van der Waals surface area (Å²) in [6.45, 7) is 2.37. The van der Waals surface area contributed by atoms with Crippen LogP contribution in [-0.4, -0.2) is 93.7 Å². The Kier molecular flexibility index (Phi) is 11.2. The lowest BCUT2D eigenvalue weighted by Crippen LogP contribution is -2.30. The Morgan fingerprint density at radius 3 is 2.22 bits per heavy atom. The van der Waals surface area contributed by atoms with Gasteiger partial charge in [-0.3, -0.25) is 23.0 Å². The largest absolute Gasteiger partial charge is 0.474 e. The molecule has 1 aliphatic carbocycles. The Hall–Kier alpha value is 0.0600. The Bertz CT molecular complexity index is 674. The van der Waals surface area contributed by atoms with Gasteiger partial charge in [-0.2, -0.15) is 0 Å². The first-order valence-electron chi connectivity index (χ1n) is 10.8. The van der Waals surface area contributed by atoms with Crippen LogP contribution in [0.5, 0.6) is 0 Å². The normalized spacial score (nSPS) is 33.8. The summed E-state index contributed by atoms with van der Waals surface area (Å²) in [5, 5.41) is 6.37. The number of phosphoric acid groups is 2. The lowest BCUT2D eigenvalue weighted by Gasteiger charge is -2.23. The number of nitrogens with zero attached hydrogens (tertiary/aromatic N) is 1.